The summed E-state index contributed by atoms with van der Waals surface area (Å²) in [5.41, 5.74) is 1.68. The minimum atomic E-state index is -0.344. The van der Waals surface area contributed by atoms with Gasteiger partial charge in [-0.15, -0.1) is 0 Å². The highest BCUT2D eigenvalue weighted by Gasteiger charge is 2.34. The zero-order valence-corrected chi connectivity index (χ0v) is 15.8. The summed E-state index contributed by atoms with van der Waals surface area (Å²) >= 11 is 0. The first-order chi connectivity index (χ1) is 13.0. The molecule has 8 nitrogen and oxygen atoms in total. The molecule has 3 rings (SSSR count). The molecular weight excluding hydrogens is 348 g/mol. The summed E-state index contributed by atoms with van der Waals surface area (Å²) in [6.07, 6.45) is 4.23. The van der Waals surface area contributed by atoms with E-state index in [0.29, 0.717) is 36.7 Å². The molecule has 0 bridgehead atoms. The standard InChI is InChI=1S/C19H24N4O4/c1-22-12-15(10-20-22)21-19(25)14-9-18(24)23(11-14)7-6-13-4-5-16(26-2)17(8-13)27-3/h4-5,8,10,12,14H,6-7,9,11H2,1-3H3,(H,21,25)/t14-/m0/s1. The van der Waals surface area contributed by atoms with Gasteiger partial charge < -0.3 is 19.7 Å². The lowest BCUT2D eigenvalue weighted by atomic mass is 10.1. The molecule has 0 radical (unpaired) electrons. The van der Waals surface area contributed by atoms with Gasteiger partial charge in [-0.2, -0.15) is 5.10 Å². The second kappa shape index (κ2) is 8.11. The summed E-state index contributed by atoms with van der Waals surface area (Å²) in [5, 5.41) is 6.84. The second-order valence-corrected chi connectivity index (χ2v) is 6.57. The van der Waals surface area contributed by atoms with Crippen molar-refractivity contribution in [1.82, 2.24) is 14.7 Å². The maximum Gasteiger partial charge on any atom is 0.229 e. The fraction of sp³-hybridized carbons (Fsp3) is 0.421. The summed E-state index contributed by atoms with van der Waals surface area (Å²) in [6.45, 7) is 0.989. The van der Waals surface area contributed by atoms with E-state index in [9.17, 15) is 9.59 Å². The number of aryl methyl sites for hydroxylation is 1. The number of nitrogens with zero attached hydrogens (tertiary/aromatic N) is 3. The number of carbonyl (C=O) groups is 2. The number of aromatic nitrogens is 2. The van der Waals surface area contributed by atoms with E-state index in [1.807, 2.05) is 18.2 Å². The number of hydrogen-bond donors (Lipinski definition) is 1. The summed E-state index contributed by atoms with van der Waals surface area (Å²) in [5.74, 6) is 0.844. The Morgan fingerprint density at radius 1 is 1.30 bits per heavy atom. The monoisotopic (exact) mass is 372 g/mol. The smallest absolute Gasteiger partial charge is 0.229 e. The molecule has 0 aliphatic carbocycles. The lowest BCUT2D eigenvalue weighted by molar-refractivity contribution is -0.128. The fourth-order valence-electron chi connectivity index (χ4n) is 3.19. The predicted octanol–water partition coefficient (Wildman–Crippen LogP) is 1.47. The Labute approximate surface area is 158 Å². The average molecular weight is 372 g/mol. The van der Waals surface area contributed by atoms with Crippen LogP contribution in [0.25, 0.3) is 0 Å². The van der Waals surface area contributed by atoms with Gasteiger partial charge in [0.15, 0.2) is 11.5 Å². The zero-order chi connectivity index (χ0) is 19.4. The summed E-state index contributed by atoms with van der Waals surface area (Å²) in [4.78, 5) is 26.4. The molecule has 8 heteroatoms. The van der Waals surface area contributed by atoms with Crippen LogP contribution in [-0.4, -0.2) is 53.8 Å². The number of anilines is 1. The Morgan fingerprint density at radius 2 is 2.07 bits per heavy atom. The summed E-state index contributed by atoms with van der Waals surface area (Å²) in [6, 6.07) is 5.71. The molecule has 2 aromatic rings. The molecular formula is C19H24N4O4. The summed E-state index contributed by atoms with van der Waals surface area (Å²) < 4.78 is 12.2. The maximum absolute atomic E-state index is 12.4. The number of rotatable bonds is 7. The largest absolute Gasteiger partial charge is 0.493 e. The highest BCUT2D eigenvalue weighted by Crippen LogP contribution is 2.28. The van der Waals surface area contributed by atoms with Crippen LogP contribution < -0.4 is 14.8 Å². The van der Waals surface area contributed by atoms with Crippen LogP contribution in [0.2, 0.25) is 0 Å². The van der Waals surface area contributed by atoms with Crippen molar-refractivity contribution in [3.8, 4) is 11.5 Å². The van der Waals surface area contributed by atoms with Gasteiger partial charge in [-0.1, -0.05) is 6.07 Å². The van der Waals surface area contributed by atoms with Gasteiger partial charge >= 0.3 is 0 Å². The van der Waals surface area contributed by atoms with Crippen LogP contribution in [-0.2, 0) is 23.1 Å². The van der Waals surface area contributed by atoms with Gasteiger partial charge in [-0.25, -0.2) is 0 Å². The molecule has 1 saturated heterocycles. The van der Waals surface area contributed by atoms with Crippen molar-refractivity contribution in [3.63, 3.8) is 0 Å². The molecule has 0 unspecified atom stereocenters. The Bertz CT molecular complexity index is 833. The van der Waals surface area contributed by atoms with Crippen LogP contribution in [0, 0.1) is 5.92 Å². The average Bonchev–Trinajstić information content (AvgIpc) is 3.24. The van der Waals surface area contributed by atoms with E-state index in [-0.39, 0.29) is 24.2 Å². The molecule has 1 atom stereocenters. The van der Waals surface area contributed by atoms with E-state index in [2.05, 4.69) is 10.4 Å². The van der Waals surface area contributed by atoms with Crippen molar-refractivity contribution >= 4 is 17.5 Å². The number of hydrogen-bond acceptors (Lipinski definition) is 5. The molecule has 1 N–H and O–H groups in total. The number of ether oxygens (including phenoxy) is 2. The number of likely N-dealkylation sites (tertiary alicyclic amines) is 1. The molecule has 1 aromatic carbocycles. The number of benzene rings is 1. The van der Waals surface area contributed by atoms with Crippen molar-refractivity contribution in [2.45, 2.75) is 12.8 Å². The Hall–Kier alpha value is -3.03. The first-order valence-electron chi connectivity index (χ1n) is 8.78. The van der Waals surface area contributed by atoms with Crippen LogP contribution in [0.1, 0.15) is 12.0 Å². The third-order valence-electron chi connectivity index (χ3n) is 4.68. The minimum Gasteiger partial charge on any atom is -0.493 e. The van der Waals surface area contributed by atoms with Gasteiger partial charge in [0.2, 0.25) is 11.8 Å². The van der Waals surface area contributed by atoms with E-state index in [1.54, 1.807) is 43.2 Å². The molecule has 2 amide bonds. The number of amides is 2. The Balaban J connectivity index is 1.55. The molecule has 144 valence electrons. The van der Waals surface area contributed by atoms with Crippen LogP contribution in [0.3, 0.4) is 0 Å². The van der Waals surface area contributed by atoms with Crippen molar-refractivity contribution in [2.75, 3.05) is 32.6 Å². The first kappa shape index (κ1) is 18.8. The molecule has 2 heterocycles. The molecule has 27 heavy (non-hydrogen) atoms. The topological polar surface area (TPSA) is 85.7 Å². The third kappa shape index (κ3) is 4.39. The van der Waals surface area contributed by atoms with Gasteiger partial charge in [0.25, 0.3) is 0 Å². The number of carbonyl (C=O) groups excluding carboxylic acids is 2. The maximum atomic E-state index is 12.4. The van der Waals surface area contributed by atoms with E-state index >= 15 is 0 Å². The van der Waals surface area contributed by atoms with E-state index < -0.39 is 0 Å². The lowest BCUT2D eigenvalue weighted by Gasteiger charge is -2.17. The van der Waals surface area contributed by atoms with Crippen molar-refractivity contribution in [3.05, 3.63) is 36.2 Å². The normalized spacial score (nSPS) is 16.5. The quantitative estimate of drug-likeness (QED) is 0.795. The highest BCUT2D eigenvalue weighted by atomic mass is 16.5. The lowest BCUT2D eigenvalue weighted by Crippen LogP contribution is -2.30. The fourth-order valence-corrected chi connectivity index (χ4v) is 3.19. The van der Waals surface area contributed by atoms with Crippen LogP contribution >= 0.6 is 0 Å². The molecule has 1 aliphatic rings. The minimum absolute atomic E-state index is 0.00168. The van der Waals surface area contributed by atoms with Crippen LogP contribution in [0.4, 0.5) is 5.69 Å². The van der Waals surface area contributed by atoms with Crippen LogP contribution in [0.5, 0.6) is 11.5 Å². The number of methoxy groups -OCH3 is 2. The number of nitrogens with one attached hydrogen (secondary N) is 1. The van der Waals surface area contributed by atoms with Crippen molar-refractivity contribution in [2.24, 2.45) is 13.0 Å². The first-order valence-corrected chi connectivity index (χ1v) is 8.78. The highest BCUT2D eigenvalue weighted by molar-refractivity contribution is 5.97. The van der Waals surface area contributed by atoms with E-state index in [4.69, 9.17) is 9.47 Å². The van der Waals surface area contributed by atoms with Crippen LogP contribution in [0.15, 0.2) is 30.6 Å². The van der Waals surface area contributed by atoms with Gasteiger partial charge in [-0.05, 0) is 24.1 Å². The summed E-state index contributed by atoms with van der Waals surface area (Å²) in [7, 11) is 4.97. The molecule has 0 spiro atoms. The zero-order valence-electron chi connectivity index (χ0n) is 15.8. The molecule has 1 aliphatic heterocycles. The van der Waals surface area contributed by atoms with Gasteiger partial charge in [-0.3, -0.25) is 14.3 Å². The molecule has 1 fully saturated rings. The van der Waals surface area contributed by atoms with E-state index in [0.717, 1.165) is 5.56 Å². The second-order valence-electron chi connectivity index (χ2n) is 6.57. The predicted molar refractivity (Wildman–Crippen MR) is 99.8 cm³/mol. The Morgan fingerprint density at radius 3 is 2.74 bits per heavy atom. The van der Waals surface area contributed by atoms with Gasteiger partial charge in [0.1, 0.15) is 0 Å². The Kier molecular flexibility index (Phi) is 5.63. The van der Waals surface area contributed by atoms with Crippen molar-refractivity contribution in [1.29, 1.82) is 0 Å². The molecule has 0 saturated carbocycles. The third-order valence-corrected chi connectivity index (χ3v) is 4.68. The SMILES string of the molecule is COc1ccc(CCN2C[C@@H](C(=O)Nc3cnn(C)c3)CC2=O)cc1OC. The molecule has 1 aromatic heterocycles. The van der Waals surface area contributed by atoms with Gasteiger partial charge in [0.05, 0.1) is 32.0 Å². The van der Waals surface area contributed by atoms with Gasteiger partial charge in [0, 0.05) is 32.8 Å². The van der Waals surface area contributed by atoms with Crippen molar-refractivity contribution < 1.29 is 19.1 Å². The van der Waals surface area contributed by atoms with E-state index in [1.165, 1.54) is 0 Å².